The van der Waals surface area contributed by atoms with Gasteiger partial charge < -0.3 is 10.6 Å². The Morgan fingerprint density at radius 1 is 1.29 bits per heavy atom. The molecule has 2 atom stereocenters. The number of benzene rings is 1. The quantitative estimate of drug-likeness (QED) is 0.505. The first-order valence-corrected chi connectivity index (χ1v) is 13.0. The van der Waals surface area contributed by atoms with Gasteiger partial charge in [0, 0.05) is 41.7 Å². The van der Waals surface area contributed by atoms with Gasteiger partial charge >= 0.3 is 0 Å². The van der Waals surface area contributed by atoms with Crippen molar-refractivity contribution in [1.29, 1.82) is 5.26 Å². The van der Waals surface area contributed by atoms with Gasteiger partial charge in [-0.15, -0.1) is 0 Å². The zero-order chi connectivity index (χ0) is 24.3. The molecule has 1 aromatic heterocycles. The minimum atomic E-state index is -0.400. The van der Waals surface area contributed by atoms with Crippen LogP contribution >= 0.6 is 11.6 Å². The van der Waals surface area contributed by atoms with Gasteiger partial charge in [-0.1, -0.05) is 25.4 Å². The first-order chi connectivity index (χ1) is 16.3. The lowest BCUT2D eigenvalue weighted by Gasteiger charge is -2.37. The van der Waals surface area contributed by atoms with Crippen molar-refractivity contribution in [3.8, 4) is 6.07 Å². The number of nitriles is 1. The molecular weight excluding hydrogens is 449 g/mol. The summed E-state index contributed by atoms with van der Waals surface area (Å²) in [5.74, 6) is 1.76. The summed E-state index contributed by atoms with van der Waals surface area (Å²) in [5, 5.41) is 9.90. The summed E-state index contributed by atoms with van der Waals surface area (Å²) >= 11 is 6.29. The Morgan fingerprint density at radius 3 is 2.88 bits per heavy atom. The summed E-state index contributed by atoms with van der Waals surface area (Å²) in [5.41, 5.74) is 9.18. The van der Waals surface area contributed by atoms with E-state index in [1.807, 2.05) is 0 Å². The second kappa shape index (κ2) is 10.5. The van der Waals surface area contributed by atoms with Crippen molar-refractivity contribution in [1.82, 2.24) is 9.97 Å². The van der Waals surface area contributed by atoms with Gasteiger partial charge in [-0.25, -0.2) is 14.4 Å². The molecule has 182 valence electrons. The second-order valence-corrected chi connectivity index (χ2v) is 10.7. The SMILES string of the molecule is CCc1nc2c(c(N3CCCC(C#N)CC3)n1)CCC(C)(CCCc1cc(F)c(N)cc1Cl)C2. The minimum Gasteiger partial charge on any atom is -0.396 e. The number of aromatic nitrogens is 2. The summed E-state index contributed by atoms with van der Waals surface area (Å²) in [6.07, 6.45) is 9.42. The van der Waals surface area contributed by atoms with Crippen molar-refractivity contribution in [3.63, 3.8) is 0 Å². The summed E-state index contributed by atoms with van der Waals surface area (Å²) < 4.78 is 13.9. The summed E-state index contributed by atoms with van der Waals surface area (Å²) in [7, 11) is 0. The highest BCUT2D eigenvalue weighted by atomic mass is 35.5. The van der Waals surface area contributed by atoms with Crippen molar-refractivity contribution < 1.29 is 4.39 Å². The topological polar surface area (TPSA) is 78.8 Å². The molecule has 7 heteroatoms. The Bertz CT molecular complexity index is 1080. The molecule has 2 heterocycles. The third-order valence-electron chi connectivity index (χ3n) is 7.61. The van der Waals surface area contributed by atoms with Gasteiger partial charge in [0.05, 0.1) is 11.8 Å². The largest absolute Gasteiger partial charge is 0.396 e. The van der Waals surface area contributed by atoms with Gasteiger partial charge in [0.25, 0.3) is 0 Å². The molecule has 0 spiro atoms. The number of fused-ring (bicyclic) bond motifs is 1. The molecule has 1 fully saturated rings. The number of hydrogen-bond donors (Lipinski definition) is 1. The summed E-state index contributed by atoms with van der Waals surface area (Å²) in [4.78, 5) is 12.3. The van der Waals surface area contributed by atoms with E-state index >= 15 is 0 Å². The molecule has 2 unspecified atom stereocenters. The molecule has 2 aromatic rings. The van der Waals surface area contributed by atoms with Gasteiger partial charge in [-0.05, 0) is 80.9 Å². The van der Waals surface area contributed by atoms with E-state index in [-0.39, 0.29) is 17.0 Å². The predicted molar refractivity (Wildman–Crippen MR) is 135 cm³/mol. The van der Waals surface area contributed by atoms with Crippen LogP contribution in [0.5, 0.6) is 0 Å². The van der Waals surface area contributed by atoms with Crippen molar-refractivity contribution in [3.05, 3.63) is 45.6 Å². The molecule has 0 saturated carbocycles. The Morgan fingerprint density at radius 2 is 2.12 bits per heavy atom. The highest BCUT2D eigenvalue weighted by molar-refractivity contribution is 6.31. The van der Waals surface area contributed by atoms with Gasteiger partial charge in [0.1, 0.15) is 17.5 Å². The number of anilines is 2. The lowest BCUT2D eigenvalue weighted by molar-refractivity contribution is 0.245. The minimum absolute atomic E-state index is 0.0966. The average molecular weight is 484 g/mol. The van der Waals surface area contributed by atoms with E-state index in [9.17, 15) is 9.65 Å². The van der Waals surface area contributed by atoms with Crippen LogP contribution in [0.2, 0.25) is 5.02 Å². The Balaban J connectivity index is 1.48. The number of halogens is 2. The highest BCUT2D eigenvalue weighted by Gasteiger charge is 2.34. The Kier molecular flexibility index (Phi) is 7.62. The van der Waals surface area contributed by atoms with E-state index in [2.05, 4.69) is 24.8 Å². The molecule has 0 bridgehead atoms. The molecule has 2 N–H and O–H groups in total. The lowest BCUT2D eigenvalue weighted by Crippen LogP contribution is -2.32. The van der Waals surface area contributed by atoms with Gasteiger partial charge in [-0.2, -0.15) is 5.26 Å². The summed E-state index contributed by atoms with van der Waals surface area (Å²) in [6.45, 7) is 6.30. The number of aryl methyl sites for hydroxylation is 2. The van der Waals surface area contributed by atoms with E-state index < -0.39 is 5.82 Å². The standard InChI is InChI=1S/C27H35ClFN5/c1-3-25-32-24-16-27(2,10-4-7-19-14-22(29)23(31)15-21(19)28)11-8-20(24)26(33-25)34-12-5-6-18(17-30)9-13-34/h14-15,18H,3-13,16,31H2,1-2H3. The van der Waals surface area contributed by atoms with Gasteiger partial charge in [-0.3, -0.25) is 0 Å². The normalized spacial score (nSPS) is 22.7. The first kappa shape index (κ1) is 24.7. The van der Waals surface area contributed by atoms with Crippen molar-refractivity contribution in [2.24, 2.45) is 11.3 Å². The van der Waals surface area contributed by atoms with Crippen LogP contribution in [0.4, 0.5) is 15.9 Å². The second-order valence-electron chi connectivity index (χ2n) is 10.3. The lowest BCUT2D eigenvalue weighted by atomic mass is 9.71. The van der Waals surface area contributed by atoms with E-state index in [1.54, 1.807) is 0 Å². The van der Waals surface area contributed by atoms with Crippen LogP contribution in [0, 0.1) is 28.5 Å². The first-order valence-electron chi connectivity index (χ1n) is 12.6. The Hall–Kier alpha value is -2.39. The average Bonchev–Trinajstić information content (AvgIpc) is 3.07. The maximum absolute atomic E-state index is 13.9. The molecule has 34 heavy (non-hydrogen) atoms. The molecule has 1 aliphatic carbocycles. The predicted octanol–water partition coefficient (Wildman–Crippen LogP) is 6.06. The molecule has 5 nitrogen and oxygen atoms in total. The maximum atomic E-state index is 13.9. The zero-order valence-corrected chi connectivity index (χ0v) is 21.1. The molecule has 1 aromatic carbocycles. The number of rotatable bonds is 6. The van der Waals surface area contributed by atoms with Crippen LogP contribution in [0.25, 0.3) is 0 Å². The van der Waals surface area contributed by atoms with Crippen LogP contribution in [0.3, 0.4) is 0 Å². The van der Waals surface area contributed by atoms with E-state index in [0.717, 1.165) is 94.5 Å². The molecular formula is C27H35ClFN5. The molecule has 0 radical (unpaired) electrons. The van der Waals surface area contributed by atoms with Gasteiger partial charge in [0.15, 0.2) is 0 Å². The smallest absolute Gasteiger partial charge is 0.146 e. The molecule has 1 aliphatic heterocycles. The number of nitrogens with two attached hydrogens (primary N) is 1. The highest BCUT2D eigenvalue weighted by Crippen LogP contribution is 2.41. The fraction of sp³-hybridized carbons (Fsp3) is 0.593. The van der Waals surface area contributed by atoms with Crippen LogP contribution in [0.1, 0.15) is 75.0 Å². The molecule has 1 saturated heterocycles. The third kappa shape index (κ3) is 5.46. The van der Waals surface area contributed by atoms with E-state index in [0.29, 0.717) is 5.02 Å². The van der Waals surface area contributed by atoms with Crippen LogP contribution < -0.4 is 10.6 Å². The molecule has 2 aliphatic rings. The monoisotopic (exact) mass is 483 g/mol. The number of hydrogen-bond acceptors (Lipinski definition) is 5. The number of nitrogen functional groups attached to an aromatic ring is 1. The van der Waals surface area contributed by atoms with E-state index in [4.69, 9.17) is 27.3 Å². The molecule has 4 rings (SSSR count). The number of nitrogens with zero attached hydrogens (tertiary/aromatic N) is 4. The van der Waals surface area contributed by atoms with Crippen molar-refractivity contribution >= 4 is 23.1 Å². The van der Waals surface area contributed by atoms with Crippen molar-refractivity contribution in [2.45, 2.75) is 78.1 Å². The Labute approximate surface area is 207 Å². The summed E-state index contributed by atoms with van der Waals surface area (Å²) in [6, 6.07) is 5.44. The van der Waals surface area contributed by atoms with Crippen LogP contribution in [0.15, 0.2) is 12.1 Å². The van der Waals surface area contributed by atoms with Crippen molar-refractivity contribution in [2.75, 3.05) is 23.7 Å². The van der Waals surface area contributed by atoms with E-state index in [1.165, 1.54) is 23.4 Å². The maximum Gasteiger partial charge on any atom is 0.146 e. The van der Waals surface area contributed by atoms with Crippen LogP contribution in [-0.2, 0) is 25.7 Å². The van der Waals surface area contributed by atoms with Gasteiger partial charge in [0.2, 0.25) is 0 Å². The fourth-order valence-electron chi connectivity index (χ4n) is 5.46. The zero-order valence-electron chi connectivity index (χ0n) is 20.3. The van der Waals surface area contributed by atoms with Crippen LogP contribution in [-0.4, -0.2) is 23.1 Å². The third-order valence-corrected chi connectivity index (χ3v) is 7.96. The molecule has 0 amide bonds. The fourth-order valence-corrected chi connectivity index (χ4v) is 5.73.